The van der Waals surface area contributed by atoms with Crippen molar-refractivity contribution in [3.63, 3.8) is 0 Å². The van der Waals surface area contributed by atoms with Crippen LogP contribution in [0.1, 0.15) is 33.3 Å². The topological polar surface area (TPSA) is 47.7 Å². The molecule has 0 radical (unpaired) electrons. The minimum atomic E-state index is 0.0423. The van der Waals surface area contributed by atoms with E-state index in [4.69, 9.17) is 0 Å². The van der Waals surface area contributed by atoms with Gasteiger partial charge in [-0.2, -0.15) is 5.10 Å². The van der Waals surface area contributed by atoms with Crippen molar-refractivity contribution in [1.29, 1.82) is 0 Å². The summed E-state index contributed by atoms with van der Waals surface area (Å²) in [6, 6.07) is 0.396. The third-order valence-corrected chi connectivity index (χ3v) is 3.02. The van der Waals surface area contributed by atoms with Crippen molar-refractivity contribution in [1.82, 2.24) is 24.6 Å². The summed E-state index contributed by atoms with van der Waals surface area (Å²) in [5.74, 6) is 0. The van der Waals surface area contributed by atoms with Crippen molar-refractivity contribution in [3.8, 4) is 0 Å². The SMILES string of the molecule is CC(Cn1ccnc1)NCc1cnn(C(C)(C)C)c1. The highest BCUT2D eigenvalue weighted by Gasteiger charge is 2.14. The molecule has 5 heteroatoms. The van der Waals surface area contributed by atoms with Crippen LogP contribution in [0.2, 0.25) is 0 Å². The second kappa shape index (κ2) is 5.57. The lowest BCUT2D eigenvalue weighted by molar-refractivity contribution is 0.355. The smallest absolute Gasteiger partial charge is 0.0946 e. The molecule has 1 unspecified atom stereocenters. The van der Waals surface area contributed by atoms with E-state index in [0.29, 0.717) is 6.04 Å². The Bertz CT molecular complexity index is 492. The van der Waals surface area contributed by atoms with Crippen LogP contribution < -0.4 is 5.32 Å². The zero-order chi connectivity index (χ0) is 13.9. The van der Waals surface area contributed by atoms with E-state index < -0.39 is 0 Å². The van der Waals surface area contributed by atoms with Gasteiger partial charge < -0.3 is 9.88 Å². The Morgan fingerprint density at radius 2 is 2.16 bits per heavy atom. The molecule has 104 valence electrons. The predicted molar refractivity (Wildman–Crippen MR) is 75.8 cm³/mol. The molecule has 0 aromatic carbocycles. The molecule has 0 amide bonds. The van der Waals surface area contributed by atoms with Crippen LogP contribution in [0.4, 0.5) is 0 Å². The summed E-state index contributed by atoms with van der Waals surface area (Å²) in [7, 11) is 0. The molecule has 0 aliphatic carbocycles. The molecule has 1 atom stereocenters. The van der Waals surface area contributed by atoms with E-state index in [0.717, 1.165) is 13.1 Å². The molecule has 1 N–H and O–H groups in total. The molecule has 19 heavy (non-hydrogen) atoms. The minimum absolute atomic E-state index is 0.0423. The van der Waals surface area contributed by atoms with Gasteiger partial charge in [0.25, 0.3) is 0 Å². The van der Waals surface area contributed by atoms with Crippen molar-refractivity contribution in [3.05, 3.63) is 36.7 Å². The minimum Gasteiger partial charge on any atom is -0.336 e. The van der Waals surface area contributed by atoms with E-state index in [1.54, 1.807) is 6.20 Å². The first-order valence-corrected chi connectivity index (χ1v) is 6.68. The van der Waals surface area contributed by atoms with Crippen LogP contribution in [-0.4, -0.2) is 25.4 Å². The first kappa shape index (κ1) is 13.8. The van der Waals surface area contributed by atoms with E-state index in [9.17, 15) is 0 Å². The van der Waals surface area contributed by atoms with Gasteiger partial charge in [0.2, 0.25) is 0 Å². The van der Waals surface area contributed by atoms with E-state index in [1.807, 2.05) is 23.4 Å². The van der Waals surface area contributed by atoms with Gasteiger partial charge in [-0.25, -0.2) is 4.98 Å². The van der Waals surface area contributed by atoms with Gasteiger partial charge in [-0.05, 0) is 27.7 Å². The van der Waals surface area contributed by atoms with Gasteiger partial charge in [-0.15, -0.1) is 0 Å². The number of rotatable bonds is 5. The first-order chi connectivity index (χ1) is 8.95. The lowest BCUT2D eigenvalue weighted by Crippen LogP contribution is -2.29. The summed E-state index contributed by atoms with van der Waals surface area (Å²) >= 11 is 0. The average Bonchev–Trinajstić information content (AvgIpc) is 2.95. The van der Waals surface area contributed by atoms with Gasteiger partial charge in [0.05, 0.1) is 18.1 Å². The third kappa shape index (κ3) is 3.92. The molecule has 0 saturated heterocycles. The van der Waals surface area contributed by atoms with E-state index in [-0.39, 0.29) is 5.54 Å². The van der Waals surface area contributed by atoms with Crippen LogP contribution >= 0.6 is 0 Å². The van der Waals surface area contributed by atoms with Crippen LogP contribution in [-0.2, 0) is 18.6 Å². The van der Waals surface area contributed by atoms with Gasteiger partial charge in [0, 0.05) is 43.3 Å². The van der Waals surface area contributed by atoms with Crippen LogP contribution in [0.15, 0.2) is 31.1 Å². The largest absolute Gasteiger partial charge is 0.336 e. The Kier molecular flexibility index (Phi) is 4.04. The molecule has 0 bridgehead atoms. The summed E-state index contributed by atoms with van der Waals surface area (Å²) in [6.07, 6.45) is 9.67. The lowest BCUT2D eigenvalue weighted by atomic mass is 10.1. The Morgan fingerprint density at radius 1 is 1.37 bits per heavy atom. The third-order valence-electron chi connectivity index (χ3n) is 3.02. The summed E-state index contributed by atoms with van der Waals surface area (Å²) in [6.45, 7) is 10.4. The molecular formula is C14H23N5. The van der Waals surface area contributed by atoms with Crippen LogP contribution in [0, 0.1) is 0 Å². The van der Waals surface area contributed by atoms with Crippen molar-refractivity contribution in [2.45, 2.75) is 52.4 Å². The lowest BCUT2D eigenvalue weighted by Gasteiger charge is -2.18. The molecule has 0 spiro atoms. The summed E-state index contributed by atoms with van der Waals surface area (Å²) in [4.78, 5) is 4.05. The Morgan fingerprint density at radius 3 is 2.74 bits per heavy atom. The molecule has 0 aliphatic rings. The second-order valence-corrected chi connectivity index (χ2v) is 6.01. The zero-order valence-corrected chi connectivity index (χ0v) is 12.2. The van der Waals surface area contributed by atoms with Crippen LogP contribution in [0.3, 0.4) is 0 Å². The quantitative estimate of drug-likeness (QED) is 0.895. The van der Waals surface area contributed by atoms with Gasteiger partial charge in [-0.3, -0.25) is 4.68 Å². The Balaban J connectivity index is 1.83. The maximum atomic E-state index is 4.40. The zero-order valence-electron chi connectivity index (χ0n) is 12.2. The monoisotopic (exact) mass is 261 g/mol. The maximum Gasteiger partial charge on any atom is 0.0946 e. The van der Waals surface area contributed by atoms with Gasteiger partial charge >= 0.3 is 0 Å². The van der Waals surface area contributed by atoms with Crippen molar-refractivity contribution < 1.29 is 0 Å². The van der Waals surface area contributed by atoms with Gasteiger partial charge in [-0.1, -0.05) is 0 Å². The predicted octanol–water partition coefficient (Wildman–Crippen LogP) is 2.01. The standard InChI is InChI=1S/C14H23N5/c1-12(9-18-6-5-15-11-18)16-7-13-8-17-19(10-13)14(2,3)4/h5-6,8,10-12,16H,7,9H2,1-4H3. The molecule has 2 aromatic heterocycles. The highest BCUT2D eigenvalue weighted by molar-refractivity contribution is 5.05. The Labute approximate surface area is 114 Å². The number of aromatic nitrogens is 4. The molecule has 0 saturated carbocycles. The van der Waals surface area contributed by atoms with Gasteiger partial charge in [0.1, 0.15) is 0 Å². The van der Waals surface area contributed by atoms with E-state index in [1.165, 1.54) is 5.56 Å². The summed E-state index contributed by atoms with van der Waals surface area (Å²) in [5, 5.41) is 7.90. The van der Waals surface area contributed by atoms with Crippen LogP contribution in [0.5, 0.6) is 0 Å². The fourth-order valence-electron chi connectivity index (χ4n) is 1.89. The molecule has 2 rings (SSSR count). The molecule has 2 aromatic rings. The number of imidazole rings is 1. The Hall–Kier alpha value is -1.62. The van der Waals surface area contributed by atoms with Gasteiger partial charge in [0.15, 0.2) is 0 Å². The highest BCUT2D eigenvalue weighted by Crippen LogP contribution is 2.13. The van der Waals surface area contributed by atoms with Crippen LogP contribution in [0.25, 0.3) is 0 Å². The average molecular weight is 261 g/mol. The van der Waals surface area contributed by atoms with Crippen molar-refractivity contribution in [2.75, 3.05) is 0 Å². The van der Waals surface area contributed by atoms with E-state index >= 15 is 0 Å². The summed E-state index contributed by atoms with van der Waals surface area (Å²) < 4.78 is 4.08. The maximum absolute atomic E-state index is 4.40. The normalized spacial score (nSPS) is 13.7. The molecule has 0 fully saturated rings. The summed E-state index contributed by atoms with van der Waals surface area (Å²) in [5.41, 5.74) is 1.26. The number of nitrogens with one attached hydrogen (secondary N) is 1. The molecular weight excluding hydrogens is 238 g/mol. The number of hydrogen-bond acceptors (Lipinski definition) is 3. The highest BCUT2D eigenvalue weighted by atomic mass is 15.3. The van der Waals surface area contributed by atoms with E-state index in [2.05, 4.69) is 53.9 Å². The number of hydrogen-bond donors (Lipinski definition) is 1. The first-order valence-electron chi connectivity index (χ1n) is 6.68. The molecule has 0 aliphatic heterocycles. The number of nitrogens with zero attached hydrogens (tertiary/aromatic N) is 4. The molecule has 2 heterocycles. The fraction of sp³-hybridized carbons (Fsp3) is 0.571. The van der Waals surface area contributed by atoms with Crippen molar-refractivity contribution >= 4 is 0 Å². The fourth-order valence-corrected chi connectivity index (χ4v) is 1.89. The second-order valence-electron chi connectivity index (χ2n) is 6.01. The van der Waals surface area contributed by atoms with Crippen molar-refractivity contribution in [2.24, 2.45) is 0 Å². The molecule has 5 nitrogen and oxygen atoms in total.